The number of hydrogen-bond donors (Lipinski definition) is 0. The van der Waals surface area contributed by atoms with Crippen LogP contribution in [0, 0.1) is 6.92 Å². The van der Waals surface area contributed by atoms with Crippen molar-refractivity contribution in [1.29, 1.82) is 0 Å². The van der Waals surface area contributed by atoms with Crippen LogP contribution in [0.2, 0.25) is 0 Å². The minimum absolute atomic E-state index is 0.811. The van der Waals surface area contributed by atoms with E-state index in [1.807, 2.05) is 24.7 Å². The molecule has 0 aliphatic carbocycles. The third-order valence-electron chi connectivity index (χ3n) is 2.16. The molecule has 0 aliphatic heterocycles. The second-order valence-corrected chi connectivity index (χ2v) is 4.10. The number of aromatic nitrogens is 2. The molecular weight excluding hydrogens is 204 g/mol. The van der Waals surface area contributed by atoms with Crippen LogP contribution in [0.4, 0.5) is 0 Å². The van der Waals surface area contributed by atoms with Crippen LogP contribution < -0.4 is 0 Å². The largest absolute Gasteiger partial charge is 0.230 e. The summed E-state index contributed by atoms with van der Waals surface area (Å²) in [5.41, 5.74) is 3.49. The Labute approximate surface area is 93.8 Å². The highest BCUT2D eigenvalue weighted by Gasteiger charge is 1.99. The first-order valence-electron chi connectivity index (χ1n) is 4.72. The Morgan fingerprint density at radius 1 is 1.07 bits per heavy atom. The lowest BCUT2D eigenvalue weighted by Gasteiger charge is -2.02. The van der Waals surface area contributed by atoms with E-state index in [0.29, 0.717) is 0 Å². The Balaban J connectivity index is 2.37. The van der Waals surface area contributed by atoms with Crippen molar-refractivity contribution in [3.63, 3.8) is 0 Å². The molecule has 2 aromatic rings. The summed E-state index contributed by atoms with van der Waals surface area (Å²) < 4.78 is 0. The Hall–Kier alpha value is -1.35. The van der Waals surface area contributed by atoms with Gasteiger partial charge in [0, 0.05) is 18.0 Å². The number of thioether (sulfide) groups is 1. The normalized spacial score (nSPS) is 10.3. The summed E-state index contributed by atoms with van der Waals surface area (Å²) in [6, 6.07) is 8.34. The Morgan fingerprint density at radius 3 is 2.40 bits per heavy atom. The van der Waals surface area contributed by atoms with Crippen molar-refractivity contribution >= 4 is 11.8 Å². The molecule has 0 radical (unpaired) electrons. The molecular formula is C12H12N2S. The topological polar surface area (TPSA) is 25.8 Å². The average Bonchev–Trinajstić information content (AvgIpc) is 2.29. The van der Waals surface area contributed by atoms with Crippen LogP contribution in [0.1, 0.15) is 5.56 Å². The van der Waals surface area contributed by atoms with E-state index < -0.39 is 0 Å². The third kappa shape index (κ3) is 2.36. The van der Waals surface area contributed by atoms with Crippen LogP contribution in [0.25, 0.3) is 11.1 Å². The van der Waals surface area contributed by atoms with E-state index in [4.69, 9.17) is 0 Å². The minimum Gasteiger partial charge on any atom is -0.230 e. The van der Waals surface area contributed by atoms with E-state index in [1.54, 1.807) is 11.8 Å². The highest BCUT2D eigenvalue weighted by molar-refractivity contribution is 7.98. The lowest BCUT2D eigenvalue weighted by atomic mass is 10.1. The van der Waals surface area contributed by atoms with Crippen molar-refractivity contribution in [2.24, 2.45) is 0 Å². The zero-order valence-corrected chi connectivity index (χ0v) is 9.58. The van der Waals surface area contributed by atoms with Gasteiger partial charge in [0.25, 0.3) is 0 Å². The molecule has 2 nitrogen and oxygen atoms in total. The van der Waals surface area contributed by atoms with Crippen molar-refractivity contribution in [2.75, 3.05) is 6.26 Å². The quantitative estimate of drug-likeness (QED) is 0.569. The first-order chi connectivity index (χ1) is 7.29. The predicted molar refractivity (Wildman–Crippen MR) is 64.0 cm³/mol. The predicted octanol–water partition coefficient (Wildman–Crippen LogP) is 3.17. The lowest BCUT2D eigenvalue weighted by molar-refractivity contribution is 0.973. The van der Waals surface area contributed by atoms with Gasteiger partial charge in [0.1, 0.15) is 0 Å². The van der Waals surface area contributed by atoms with E-state index >= 15 is 0 Å². The van der Waals surface area contributed by atoms with Crippen molar-refractivity contribution in [1.82, 2.24) is 9.97 Å². The summed E-state index contributed by atoms with van der Waals surface area (Å²) in [6.07, 6.45) is 5.71. The fourth-order valence-corrected chi connectivity index (χ4v) is 1.71. The van der Waals surface area contributed by atoms with Gasteiger partial charge < -0.3 is 0 Å². The van der Waals surface area contributed by atoms with Crippen molar-refractivity contribution in [3.05, 3.63) is 42.2 Å². The number of aryl methyl sites for hydroxylation is 1. The molecule has 0 atom stereocenters. The van der Waals surface area contributed by atoms with Crippen LogP contribution in [-0.2, 0) is 0 Å². The maximum Gasteiger partial charge on any atom is 0.187 e. The number of rotatable bonds is 2. The zero-order valence-electron chi connectivity index (χ0n) is 8.77. The SMILES string of the molecule is CSc1ncc(-c2cccc(C)c2)cn1. The molecule has 15 heavy (non-hydrogen) atoms. The molecule has 0 fully saturated rings. The van der Waals surface area contributed by atoms with Crippen LogP contribution >= 0.6 is 11.8 Å². The summed E-state index contributed by atoms with van der Waals surface area (Å²) in [5.74, 6) is 0. The molecule has 0 spiro atoms. The Morgan fingerprint density at radius 2 is 1.80 bits per heavy atom. The van der Waals surface area contributed by atoms with E-state index in [0.717, 1.165) is 10.7 Å². The molecule has 0 amide bonds. The zero-order chi connectivity index (χ0) is 10.7. The molecule has 2 rings (SSSR count). The molecule has 0 bridgehead atoms. The van der Waals surface area contributed by atoms with Gasteiger partial charge in [0.15, 0.2) is 5.16 Å². The summed E-state index contributed by atoms with van der Waals surface area (Å²) >= 11 is 1.55. The van der Waals surface area contributed by atoms with Gasteiger partial charge in [0.05, 0.1) is 0 Å². The average molecular weight is 216 g/mol. The van der Waals surface area contributed by atoms with E-state index in [2.05, 4.69) is 35.1 Å². The van der Waals surface area contributed by atoms with Crippen LogP contribution in [0.3, 0.4) is 0 Å². The van der Waals surface area contributed by atoms with Gasteiger partial charge in [-0.3, -0.25) is 0 Å². The molecule has 3 heteroatoms. The first-order valence-corrected chi connectivity index (χ1v) is 5.95. The summed E-state index contributed by atoms with van der Waals surface area (Å²) in [7, 11) is 0. The fraction of sp³-hybridized carbons (Fsp3) is 0.167. The van der Waals surface area contributed by atoms with E-state index in [9.17, 15) is 0 Å². The smallest absolute Gasteiger partial charge is 0.187 e. The Kier molecular flexibility index (Phi) is 3.02. The monoisotopic (exact) mass is 216 g/mol. The third-order valence-corrected chi connectivity index (χ3v) is 2.74. The van der Waals surface area contributed by atoms with Gasteiger partial charge in [-0.2, -0.15) is 0 Å². The summed E-state index contributed by atoms with van der Waals surface area (Å²) in [4.78, 5) is 8.51. The van der Waals surface area contributed by atoms with Gasteiger partial charge in [-0.25, -0.2) is 9.97 Å². The molecule has 0 unspecified atom stereocenters. The summed E-state index contributed by atoms with van der Waals surface area (Å²) in [5, 5.41) is 0.811. The molecule has 0 N–H and O–H groups in total. The van der Waals surface area contributed by atoms with Gasteiger partial charge >= 0.3 is 0 Å². The number of nitrogens with zero attached hydrogens (tertiary/aromatic N) is 2. The van der Waals surface area contributed by atoms with E-state index in [1.165, 1.54) is 11.1 Å². The van der Waals surface area contributed by atoms with Crippen LogP contribution in [-0.4, -0.2) is 16.2 Å². The molecule has 0 aliphatic rings. The Bertz CT molecular complexity index is 451. The van der Waals surface area contributed by atoms with Gasteiger partial charge in [-0.05, 0) is 18.7 Å². The lowest BCUT2D eigenvalue weighted by Crippen LogP contribution is -1.87. The second-order valence-electron chi connectivity index (χ2n) is 3.33. The first kappa shape index (κ1) is 10.2. The molecule has 0 saturated heterocycles. The highest BCUT2D eigenvalue weighted by atomic mass is 32.2. The van der Waals surface area contributed by atoms with Gasteiger partial charge in [-0.1, -0.05) is 41.6 Å². The minimum atomic E-state index is 0.811. The van der Waals surface area contributed by atoms with Crippen molar-refractivity contribution in [3.8, 4) is 11.1 Å². The van der Waals surface area contributed by atoms with Crippen LogP contribution in [0.15, 0.2) is 41.8 Å². The highest BCUT2D eigenvalue weighted by Crippen LogP contribution is 2.19. The standard InChI is InChI=1S/C12H12N2S/c1-9-4-3-5-10(6-9)11-7-13-12(15-2)14-8-11/h3-8H,1-2H3. The second kappa shape index (κ2) is 4.45. The van der Waals surface area contributed by atoms with Crippen molar-refractivity contribution < 1.29 is 0 Å². The molecule has 1 aromatic carbocycles. The summed E-state index contributed by atoms with van der Waals surface area (Å²) in [6.45, 7) is 2.08. The molecule has 0 saturated carbocycles. The number of hydrogen-bond acceptors (Lipinski definition) is 3. The number of benzene rings is 1. The van der Waals surface area contributed by atoms with Gasteiger partial charge in [-0.15, -0.1) is 0 Å². The maximum absolute atomic E-state index is 4.26. The fourth-order valence-electron chi connectivity index (χ4n) is 1.40. The maximum atomic E-state index is 4.26. The molecule has 1 aromatic heterocycles. The van der Waals surface area contributed by atoms with Crippen LogP contribution in [0.5, 0.6) is 0 Å². The molecule has 1 heterocycles. The van der Waals surface area contributed by atoms with Crippen molar-refractivity contribution in [2.45, 2.75) is 12.1 Å². The van der Waals surface area contributed by atoms with Gasteiger partial charge in [0.2, 0.25) is 0 Å². The van der Waals surface area contributed by atoms with E-state index in [-0.39, 0.29) is 0 Å². The molecule has 76 valence electrons.